The van der Waals surface area contributed by atoms with Crippen molar-refractivity contribution in [2.75, 3.05) is 39.9 Å². The molecule has 1 aliphatic carbocycles. The Balaban J connectivity index is 1.84. The Hall–Kier alpha value is -1.66. The highest BCUT2D eigenvalue weighted by Gasteiger charge is 2.32. The fraction of sp³-hybridized carbons (Fsp3) is 0.700. The fourth-order valence-corrected chi connectivity index (χ4v) is 4.00. The van der Waals surface area contributed by atoms with Crippen LogP contribution in [-0.2, 0) is 24.1 Å². The Morgan fingerprint density at radius 1 is 1.42 bits per heavy atom. The molecule has 0 saturated carbocycles. The Kier molecular flexibility index (Phi) is 6.48. The quantitative estimate of drug-likeness (QED) is 0.699. The summed E-state index contributed by atoms with van der Waals surface area (Å²) in [6.45, 7) is 10.4. The number of rotatable bonds is 7. The van der Waals surface area contributed by atoms with Crippen LogP contribution in [0.5, 0.6) is 0 Å². The monoisotopic (exact) mass is 360 g/mol. The molecule has 1 atom stereocenters. The topological polar surface area (TPSA) is 50.6 Å². The highest BCUT2D eigenvalue weighted by molar-refractivity contribution is 5.94. The van der Waals surface area contributed by atoms with E-state index in [1.54, 1.807) is 0 Å². The van der Waals surface area contributed by atoms with E-state index in [9.17, 15) is 4.79 Å². The van der Waals surface area contributed by atoms with E-state index in [0.29, 0.717) is 44.6 Å². The summed E-state index contributed by atoms with van der Waals surface area (Å²) in [6.07, 6.45) is 7.30. The predicted octanol–water partition coefficient (Wildman–Crippen LogP) is 2.13. The summed E-state index contributed by atoms with van der Waals surface area (Å²) in [5, 5.41) is 4.71. The Morgan fingerprint density at radius 2 is 2.19 bits per heavy atom. The molecule has 1 aliphatic heterocycles. The largest absolute Gasteiger partial charge is 0.378 e. The normalized spacial score (nSPS) is 20.3. The van der Waals surface area contributed by atoms with Gasteiger partial charge in [0.1, 0.15) is 0 Å². The molecule has 2 heterocycles. The molecule has 0 spiro atoms. The highest BCUT2D eigenvalue weighted by Crippen LogP contribution is 2.28. The van der Waals surface area contributed by atoms with E-state index in [0.717, 1.165) is 31.4 Å². The van der Waals surface area contributed by atoms with Gasteiger partial charge >= 0.3 is 0 Å². The number of hydrogen-bond donors (Lipinski definition) is 0. The van der Waals surface area contributed by atoms with Crippen molar-refractivity contribution in [3.05, 3.63) is 29.6 Å². The van der Waals surface area contributed by atoms with Gasteiger partial charge in [-0.3, -0.25) is 9.48 Å². The molecule has 144 valence electrons. The molecule has 1 fully saturated rings. The molecular formula is C20H32N4O2. The van der Waals surface area contributed by atoms with Crippen LogP contribution in [0.2, 0.25) is 0 Å². The Morgan fingerprint density at radius 3 is 2.88 bits per heavy atom. The van der Waals surface area contributed by atoms with Crippen LogP contribution in [-0.4, -0.2) is 71.4 Å². The van der Waals surface area contributed by atoms with Gasteiger partial charge in [0, 0.05) is 30.4 Å². The van der Waals surface area contributed by atoms with Gasteiger partial charge in [0.05, 0.1) is 19.8 Å². The zero-order valence-corrected chi connectivity index (χ0v) is 16.2. The highest BCUT2D eigenvalue weighted by atomic mass is 16.5. The summed E-state index contributed by atoms with van der Waals surface area (Å²) in [5.74, 6) is 0.0595. The molecule has 0 radical (unpaired) electrons. The number of likely N-dealkylation sites (N-methyl/N-ethyl adjacent to an activating group) is 1. The van der Waals surface area contributed by atoms with Crippen molar-refractivity contribution in [1.29, 1.82) is 0 Å². The lowest BCUT2D eigenvalue weighted by atomic mass is 9.90. The van der Waals surface area contributed by atoms with Gasteiger partial charge in [0.25, 0.3) is 5.91 Å². The van der Waals surface area contributed by atoms with Crippen molar-refractivity contribution >= 4 is 5.91 Å². The van der Waals surface area contributed by atoms with Gasteiger partial charge < -0.3 is 14.5 Å². The third-order valence-electron chi connectivity index (χ3n) is 5.61. The van der Waals surface area contributed by atoms with Gasteiger partial charge in [0.15, 0.2) is 5.69 Å². The van der Waals surface area contributed by atoms with Gasteiger partial charge in [-0.05, 0) is 39.3 Å². The summed E-state index contributed by atoms with van der Waals surface area (Å²) < 4.78 is 7.37. The molecule has 1 unspecified atom stereocenters. The van der Waals surface area contributed by atoms with Gasteiger partial charge in [-0.25, -0.2) is 0 Å². The number of nitrogens with zero attached hydrogens (tertiary/aromatic N) is 4. The Labute approximate surface area is 156 Å². The van der Waals surface area contributed by atoms with Crippen LogP contribution in [0.3, 0.4) is 0 Å². The van der Waals surface area contributed by atoms with Gasteiger partial charge in [-0.2, -0.15) is 5.10 Å². The summed E-state index contributed by atoms with van der Waals surface area (Å²) in [6, 6.07) is 0.492. The van der Waals surface area contributed by atoms with Crippen LogP contribution in [0.1, 0.15) is 47.9 Å². The van der Waals surface area contributed by atoms with Crippen LogP contribution in [0.4, 0.5) is 0 Å². The smallest absolute Gasteiger partial charge is 0.274 e. The molecule has 1 aromatic rings. The van der Waals surface area contributed by atoms with Crippen LogP contribution in [0.25, 0.3) is 0 Å². The maximum absolute atomic E-state index is 13.1. The van der Waals surface area contributed by atoms with Gasteiger partial charge in [-0.15, -0.1) is 6.58 Å². The van der Waals surface area contributed by atoms with Crippen molar-refractivity contribution in [1.82, 2.24) is 19.6 Å². The van der Waals surface area contributed by atoms with E-state index in [4.69, 9.17) is 9.84 Å². The maximum atomic E-state index is 13.1. The van der Waals surface area contributed by atoms with E-state index in [2.05, 4.69) is 25.5 Å². The maximum Gasteiger partial charge on any atom is 0.274 e. The standard InChI is InChI=1S/C20H32N4O2/c1-4-6-10-22(3)16-7-8-18-17(15-16)19(21-24(18)9-5-2)20(25)23-11-13-26-14-12-23/h5,16H,2,4,6-15H2,1,3H3. The van der Waals surface area contributed by atoms with Crippen LogP contribution in [0, 0.1) is 0 Å². The number of aromatic nitrogens is 2. The zero-order valence-electron chi connectivity index (χ0n) is 16.2. The minimum absolute atomic E-state index is 0.0595. The first-order valence-corrected chi connectivity index (χ1v) is 9.92. The van der Waals surface area contributed by atoms with Crippen LogP contribution < -0.4 is 0 Å². The van der Waals surface area contributed by atoms with E-state index in [1.807, 2.05) is 15.7 Å². The fourth-order valence-electron chi connectivity index (χ4n) is 4.00. The second kappa shape index (κ2) is 8.82. The number of fused-ring (bicyclic) bond motifs is 1. The first kappa shape index (κ1) is 19.1. The third kappa shape index (κ3) is 4.01. The number of carbonyl (C=O) groups excluding carboxylic acids is 1. The SMILES string of the molecule is C=CCn1nc(C(=O)N2CCOCC2)c2c1CCC(N(C)CCCC)C2. The lowest BCUT2D eigenvalue weighted by Crippen LogP contribution is -2.42. The average molecular weight is 361 g/mol. The van der Waals surface area contributed by atoms with E-state index >= 15 is 0 Å². The van der Waals surface area contributed by atoms with Crippen LogP contribution in [0.15, 0.2) is 12.7 Å². The summed E-state index contributed by atoms with van der Waals surface area (Å²) in [4.78, 5) is 17.4. The molecule has 26 heavy (non-hydrogen) atoms. The van der Waals surface area contributed by atoms with Crippen molar-refractivity contribution in [2.24, 2.45) is 0 Å². The molecule has 6 heteroatoms. The minimum atomic E-state index is 0.0595. The zero-order chi connectivity index (χ0) is 18.5. The van der Waals surface area contributed by atoms with Crippen molar-refractivity contribution in [2.45, 2.75) is 51.6 Å². The lowest BCUT2D eigenvalue weighted by molar-refractivity contribution is 0.0297. The summed E-state index contributed by atoms with van der Waals surface area (Å²) in [7, 11) is 2.21. The number of carbonyl (C=O) groups is 1. The number of unbranched alkanes of at least 4 members (excludes halogenated alkanes) is 1. The molecule has 0 bridgehead atoms. The molecule has 2 aliphatic rings. The Bertz CT molecular complexity index is 634. The predicted molar refractivity (Wildman–Crippen MR) is 102 cm³/mol. The lowest BCUT2D eigenvalue weighted by Gasteiger charge is -2.32. The molecule has 1 amide bonds. The summed E-state index contributed by atoms with van der Waals surface area (Å²) >= 11 is 0. The minimum Gasteiger partial charge on any atom is -0.378 e. The van der Waals surface area contributed by atoms with Crippen molar-refractivity contribution < 1.29 is 9.53 Å². The number of hydrogen-bond acceptors (Lipinski definition) is 4. The third-order valence-corrected chi connectivity index (χ3v) is 5.61. The number of ether oxygens (including phenoxy) is 1. The van der Waals surface area contributed by atoms with E-state index in [-0.39, 0.29) is 5.91 Å². The van der Waals surface area contributed by atoms with Crippen LogP contribution >= 0.6 is 0 Å². The average Bonchev–Trinajstić information content (AvgIpc) is 3.04. The molecule has 3 rings (SSSR count). The first-order valence-electron chi connectivity index (χ1n) is 9.92. The van der Waals surface area contributed by atoms with E-state index in [1.165, 1.54) is 18.5 Å². The second-order valence-electron chi connectivity index (χ2n) is 7.38. The number of amides is 1. The van der Waals surface area contributed by atoms with E-state index < -0.39 is 0 Å². The molecule has 6 nitrogen and oxygen atoms in total. The van der Waals surface area contributed by atoms with Gasteiger partial charge in [0.2, 0.25) is 0 Å². The first-order chi connectivity index (χ1) is 12.7. The summed E-state index contributed by atoms with van der Waals surface area (Å²) in [5.41, 5.74) is 3.03. The number of morpholine rings is 1. The molecule has 1 saturated heterocycles. The number of allylic oxidation sites excluding steroid dienone is 1. The molecule has 1 aromatic heterocycles. The second-order valence-corrected chi connectivity index (χ2v) is 7.38. The molecule has 0 N–H and O–H groups in total. The van der Waals surface area contributed by atoms with Gasteiger partial charge in [-0.1, -0.05) is 19.4 Å². The molecule has 0 aromatic carbocycles. The van der Waals surface area contributed by atoms with Crippen molar-refractivity contribution in [3.63, 3.8) is 0 Å². The van der Waals surface area contributed by atoms with Crippen molar-refractivity contribution in [3.8, 4) is 0 Å². The molecular weight excluding hydrogens is 328 g/mol.